The molecule has 1 atom stereocenters. The molecule has 1 amide bonds. The highest BCUT2D eigenvalue weighted by atomic mass is 19.1. The maximum Gasteiger partial charge on any atom is 0.295 e. The molecule has 7 nitrogen and oxygen atoms in total. The van der Waals surface area contributed by atoms with E-state index in [1.165, 1.54) is 36.3 Å². The van der Waals surface area contributed by atoms with Gasteiger partial charge < -0.3 is 24.5 Å². The van der Waals surface area contributed by atoms with Crippen LogP contribution in [0.15, 0.2) is 78.5 Å². The lowest BCUT2D eigenvalue weighted by Gasteiger charge is -2.25. The maximum absolute atomic E-state index is 13.7. The molecular formula is C29H25FN2O5. The molecule has 8 heteroatoms. The predicted molar refractivity (Wildman–Crippen MR) is 137 cm³/mol. The molecule has 4 aromatic rings. The Morgan fingerprint density at radius 2 is 1.73 bits per heavy atom. The summed E-state index contributed by atoms with van der Waals surface area (Å²) in [7, 11) is 3.09. The van der Waals surface area contributed by atoms with Crippen molar-refractivity contribution in [3.63, 3.8) is 0 Å². The zero-order valence-corrected chi connectivity index (χ0v) is 20.3. The Balaban J connectivity index is 1.56. The van der Waals surface area contributed by atoms with E-state index in [2.05, 4.69) is 4.98 Å². The van der Waals surface area contributed by atoms with Crippen LogP contribution in [0.4, 0.5) is 4.39 Å². The Hall–Kier alpha value is -4.59. The van der Waals surface area contributed by atoms with Crippen molar-refractivity contribution in [2.75, 3.05) is 20.8 Å². The summed E-state index contributed by atoms with van der Waals surface area (Å²) >= 11 is 0. The molecular weight excluding hydrogens is 475 g/mol. The molecule has 1 aliphatic heterocycles. The van der Waals surface area contributed by atoms with Gasteiger partial charge in [0.2, 0.25) is 0 Å². The second kappa shape index (κ2) is 9.81. The lowest BCUT2D eigenvalue weighted by atomic mass is 9.95. The first-order valence-corrected chi connectivity index (χ1v) is 11.7. The van der Waals surface area contributed by atoms with Crippen molar-refractivity contribution in [1.82, 2.24) is 9.88 Å². The molecule has 1 fully saturated rings. The molecule has 37 heavy (non-hydrogen) atoms. The lowest BCUT2D eigenvalue weighted by molar-refractivity contribution is -0.139. The third kappa shape index (κ3) is 4.42. The third-order valence-electron chi connectivity index (χ3n) is 6.67. The van der Waals surface area contributed by atoms with Crippen molar-refractivity contribution >= 4 is 28.4 Å². The molecule has 1 aliphatic rings. The standard InChI is InChI=1S/C29H25FN2O5/c1-36-21-5-3-4-18(14-21)27(33)25-26(17-6-8-20(30)9-7-17)32(29(35)28(25)34)13-12-19-16-31-24-11-10-22(37-2)15-23(19)24/h3-11,14-16,26,31,33H,12-13H2,1-2H3/t26-/m0/s1. The van der Waals surface area contributed by atoms with Crippen LogP contribution in [0.5, 0.6) is 11.5 Å². The van der Waals surface area contributed by atoms with Crippen LogP contribution in [0.1, 0.15) is 22.7 Å². The number of hydrogen-bond acceptors (Lipinski definition) is 5. The van der Waals surface area contributed by atoms with Gasteiger partial charge in [0.15, 0.2) is 0 Å². The molecule has 1 saturated heterocycles. The number of aromatic nitrogens is 1. The van der Waals surface area contributed by atoms with Gasteiger partial charge in [-0.3, -0.25) is 9.59 Å². The summed E-state index contributed by atoms with van der Waals surface area (Å²) in [5.41, 5.74) is 2.68. The van der Waals surface area contributed by atoms with Crippen molar-refractivity contribution in [1.29, 1.82) is 0 Å². The number of nitrogens with one attached hydrogen (secondary N) is 1. The first-order chi connectivity index (χ1) is 17.9. The fourth-order valence-corrected chi connectivity index (χ4v) is 4.76. The highest BCUT2D eigenvalue weighted by Gasteiger charge is 2.45. The number of fused-ring (bicyclic) bond motifs is 1. The van der Waals surface area contributed by atoms with E-state index in [0.717, 1.165) is 16.5 Å². The van der Waals surface area contributed by atoms with E-state index in [-0.39, 0.29) is 17.9 Å². The largest absolute Gasteiger partial charge is 0.507 e. The van der Waals surface area contributed by atoms with Crippen LogP contribution < -0.4 is 9.47 Å². The Morgan fingerprint density at radius 3 is 2.46 bits per heavy atom. The number of ether oxygens (including phenoxy) is 2. The molecule has 5 rings (SSSR count). The first kappa shape index (κ1) is 24.1. The number of aliphatic hydroxyl groups is 1. The van der Waals surface area contributed by atoms with Gasteiger partial charge >= 0.3 is 0 Å². The Kier molecular flexibility index (Phi) is 6.40. The number of carbonyl (C=O) groups is 2. The zero-order chi connectivity index (χ0) is 26.1. The fourth-order valence-electron chi connectivity index (χ4n) is 4.76. The van der Waals surface area contributed by atoms with Gasteiger partial charge in [0, 0.05) is 29.2 Å². The van der Waals surface area contributed by atoms with Crippen molar-refractivity contribution in [3.05, 3.63) is 101 Å². The van der Waals surface area contributed by atoms with Crippen molar-refractivity contribution in [3.8, 4) is 11.5 Å². The van der Waals surface area contributed by atoms with Gasteiger partial charge in [0.1, 0.15) is 23.1 Å². The van der Waals surface area contributed by atoms with Gasteiger partial charge in [-0.15, -0.1) is 0 Å². The van der Waals surface area contributed by atoms with Crippen LogP contribution >= 0.6 is 0 Å². The van der Waals surface area contributed by atoms with Crippen LogP contribution in [-0.2, 0) is 16.0 Å². The normalized spacial score (nSPS) is 16.9. The Labute approximate surface area is 212 Å². The molecule has 188 valence electrons. The molecule has 2 heterocycles. The average molecular weight is 501 g/mol. The Morgan fingerprint density at radius 1 is 1.00 bits per heavy atom. The van der Waals surface area contributed by atoms with Gasteiger partial charge in [-0.1, -0.05) is 24.3 Å². The SMILES string of the molecule is COc1cccc(C(O)=C2C(=O)C(=O)N(CCc3c[nH]c4ccc(OC)cc34)[C@H]2c2ccc(F)cc2)c1. The summed E-state index contributed by atoms with van der Waals surface area (Å²) in [6.07, 6.45) is 2.31. The van der Waals surface area contributed by atoms with Gasteiger partial charge in [-0.2, -0.15) is 0 Å². The number of halogens is 1. The Bertz CT molecular complexity index is 1520. The van der Waals surface area contributed by atoms with E-state index in [1.54, 1.807) is 31.4 Å². The zero-order valence-electron chi connectivity index (χ0n) is 20.3. The number of likely N-dealkylation sites (tertiary alicyclic amines) is 1. The molecule has 2 N–H and O–H groups in total. The number of nitrogens with zero attached hydrogens (tertiary/aromatic N) is 1. The number of H-pyrrole nitrogens is 1. The minimum Gasteiger partial charge on any atom is -0.507 e. The number of amides is 1. The molecule has 1 aromatic heterocycles. The number of ketones is 1. The number of hydrogen-bond donors (Lipinski definition) is 2. The molecule has 0 bridgehead atoms. The average Bonchev–Trinajstić information content (AvgIpc) is 3.44. The summed E-state index contributed by atoms with van der Waals surface area (Å²) in [4.78, 5) is 31.2. The summed E-state index contributed by atoms with van der Waals surface area (Å²) in [5, 5.41) is 12.2. The first-order valence-electron chi connectivity index (χ1n) is 11.7. The van der Waals surface area contributed by atoms with E-state index in [1.807, 2.05) is 24.4 Å². The van der Waals surface area contributed by atoms with Crippen molar-refractivity contribution in [2.45, 2.75) is 12.5 Å². The predicted octanol–water partition coefficient (Wildman–Crippen LogP) is 4.99. The highest BCUT2D eigenvalue weighted by molar-refractivity contribution is 6.46. The van der Waals surface area contributed by atoms with E-state index in [4.69, 9.17) is 9.47 Å². The van der Waals surface area contributed by atoms with Crippen LogP contribution in [-0.4, -0.2) is 47.4 Å². The molecule has 0 unspecified atom stereocenters. The molecule has 0 saturated carbocycles. The minimum absolute atomic E-state index is 0.0505. The number of benzene rings is 3. The number of Topliss-reactive ketones (excluding diaryl/α,β-unsaturated/α-hetero) is 1. The number of methoxy groups -OCH3 is 2. The van der Waals surface area contributed by atoms with Crippen LogP contribution in [0.2, 0.25) is 0 Å². The highest BCUT2D eigenvalue weighted by Crippen LogP contribution is 2.40. The topological polar surface area (TPSA) is 91.9 Å². The van der Waals surface area contributed by atoms with E-state index in [9.17, 15) is 19.1 Å². The van der Waals surface area contributed by atoms with Crippen LogP contribution in [0.25, 0.3) is 16.7 Å². The lowest BCUT2D eigenvalue weighted by Crippen LogP contribution is -2.31. The van der Waals surface area contributed by atoms with E-state index >= 15 is 0 Å². The van der Waals surface area contributed by atoms with E-state index < -0.39 is 23.5 Å². The maximum atomic E-state index is 13.7. The minimum atomic E-state index is -0.883. The van der Waals surface area contributed by atoms with Crippen molar-refractivity contribution < 1.29 is 28.6 Å². The second-order valence-corrected chi connectivity index (χ2v) is 8.75. The molecule has 0 spiro atoms. The molecule has 0 radical (unpaired) electrons. The van der Waals surface area contributed by atoms with Gasteiger partial charge in [0.05, 0.1) is 25.8 Å². The number of aromatic amines is 1. The summed E-state index contributed by atoms with van der Waals surface area (Å²) < 4.78 is 24.3. The van der Waals surface area contributed by atoms with Crippen molar-refractivity contribution in [2.24, 2.45) is 0 Å². The fraction of sp³-hybridized carbons (Fsp3) is 0.172. The number of carbonyl (C=O) groups excluding carboxylic acids is 2. The van der Waals surface area contributed by atoms with Crippen LogP contribution in [0, 0.1) is 5.82 Å². The smallest absolute Gasteiger partial charge is 0.295 e. The van der Waals surface area contributed by atoms with Gasteiger partial charge in [0.25, 0.3) is 11.7 Å². The molecule has 0 aliphatic carbocycles. The summed E-state index contributed by atoms with van der Waals surface area (Å²) in [5.74, 6) is -1.08. The number of aliphatic hydroxyl groups excluding tert-OH is 1. The summed E-state index contributed by atoms with van der Waals surface area (Å²) in [6.45, 7) is 0.200. The van der Waals surface area contributed by atoms with Crippen LogP contribution in [0.3, 0.4) is 0 Å². The third-order valence-corrected chi connectivity index (χ3v) is 6.67. The second-order valence-electron chi connectivity index (χ2n) is 8.75. The number of rotatable bonds is 7. The van der Waals surface area contributed by atoms with Gasteiger partial charge in [-0.25, -0.2) is 4.39 Å². The monoisotopic (exact) mass is 500 g/mol. The summed E-state index contributed by atoms with van der Waals surface area (Å²) in [6, 6.07) is 17.0. The van der Waals surface area contributed by atoms with Gasteiger partial charge in [-0.05, 0) is 60.0 Å². The molecule has 3 aromatic carbocycles. The van der Waals surface area contributed by atoms with E-state index in [0.29, 0.717) is 29.0 Å². The quantitative estimate of drug-likeness (QED) is 0.212.